The highest BCUT2D eigenvalue weighted by Crippen LogP contribution is 2.27. The molecule has 3 rings (SSSR count). The number of thioether (sulfide) groups is 1. The Bertz CT molecular complexity index is 902. The Morgan fingerprint density at radius 3 is 2.65 bits per heavy atom. The minimum atomic E-state index is -3.77. The normalized spacial score (nSPS) is 15.5. The lowest BCUT2D eigenvalue weighted by atomic mass is 10.1. The van der Waals surface area contributed by atoms with Crippen LogP contribution in [0.4, 0.5) is 0 Å². The Morgan fingerprint density at radius 1 is 1.27 bits per heavy atom. The van der Waals surface area contributed by atoms with Gasteiger partial charge >= 0.3 is 0 Å². The van der Waals surface area contributed by atoms with Crippen molar-refractivity contribution in [3.05, 3.63) is 18.2 Å². The van der Waals surface area contributed by atoms with Crippen molar-refractivity contribution in [1.29, 1.82) is 0 Å². The summed E-state index contributed by atoms with van der Waals surface area (Å²) < 4.78 is 25.2. The largest absolute Gasteiger partial charge is 0.342 e. The Morgan fingerprint density at radius 2 is 2.00 bits per heavy atom. The van der Waals surface area contributed by atoms with Gasteiger partial charge in [0.05, 0.1) is 21.7 Å². The zero-order valence-electron chi connectivity index (χ0n) is 14.8. The lowest BCUT2D eigenvalue weighted by Crippen LogP contribution is -2.36. The van der Waals surface area contributed by atoms with Gasteiger partial charge in [-0.25, -0.2) is 18.5 Å². The van der Waals surface area contributed by atoms with Crippen LogP contribution >= 0.6 is 11.8 Å². The first-order valence-electron chi connectivity index (χ1n) is 8.84. The standard InChI is InChI=1S/C17H24N4O3S2/c1-2-8-21-15-7-6-13(26(18,23)24)11-14(15)19-17(21)25-12-16(22)20-9-4-3-5-10-20/h6-7,11H,2-5,8-10,12H2,1H3,(H2,18,23,24). The van der Waals surface area contributed by atoms with Gasteiger partial charge in [-0.15, -0.1) is 0 Å². The number of carbonyl (C=O) groups excluding carboxylic acids is 1. The number of fused-ring (bicyclic) bond motifs is 1. The Labute approximate surface area is 158 Å². The summed E-state index contributed by atoms with van der Waals surface area (Å²) in [7, 11) is -3.77. The van der Waals surface area contributed by atoms with Crippen molar-refractivity contribution in [1.82, 2.24) is 14.5 Å². The molecule has 1 fully saturated rings. The summed E-state index contributed by atoms with van der Waals surface area (Å²) in [4.78, 5) is 18.9. The zero-order valence-corrected chi connectivity index (χ0v) is 16.5. The molecule has 2 N–H and O–H groups in total. The van der Waals surface area contributed by atoms with Gasteiger partial charge in [0.1, 0.15) is 0 Å². The second kappa shape index (κ2) is 7.98. The quantitative estimate of drug-likeness (QED) is 0.755. The highest BCUT2D eigenvalue weighted by molar-refractivity contribution is 7.99. The first kappa shape index (κ1) is 19.2. The van der Waals surface area contributed by atoms with Crippen molar-refractivity contribution in [2.24, 2.45) is 5.14 Å². The lowest BCUT2D eigenvalue weighted by molar-refractivity contribution is -0.129. The summed E-state index contributed by atoms with van der Waals surface area (Å²) in [6.07, 6.45) is 4.24. The molecule has 2 aromatic rings. The Kier molecular flexibility index (Phi) is 5.89. The maximum absolute atomic E-state index is 12.4. The van der Waals surface area contributed by atoms with Crippen molar-refractivity contribution < 1.29 is 13.2 Å². The smallest absolute Gasteiger partial charge is 0.238 e. The number of piperidine rings is 1. The summed E-state index contributed by atoms with van der Waals surface area (Å²) in [5.74, 6) is 0.477. The van der Waals surface area contributed by atoms with Gasteiger partial charge in [0, 0.05) is 19.6 Å². The summed E-state index contributed by atoms with van der Waals surface area (Å²) in [5, 5.41) is 5.95. The summed E-state index contributed by atoms with van der Waals surface area (Å²) in [6, 6.07) is 4.72. The van der Waals surface area contributed by atoms with Crippen LogP contribution in [0.2, 0.25) is 0 Å². The van der Waals surface area contributed by atoms with E-state index < -0.39 is 10.0 Å². The topological polar surface area (TPSA) is 98.3 Å². The minimum absolute atomic E-state index is 0.0482. The van der Waals surface area contributed by atoms with Crippen LogP contribution in [-0.4, -0.2) is 47.6 Å². The molecule has 0 radical (unpaired) electrons. The van der Waals surface area contributed by atoms with Crippen LogP contribution in [0.15, 0.2) is 28.3 Å². The number of rotatable bonds is 6. The molecule has 0 unspecified atom stereocenters. The van der Waals surface area contributed by atoms with Crippen LogP contribution in [-0.2, 0) is 21.4 Å². The fraction of sp³-hybridized carbons (Fsp3) is 0.529. The number of carbonyl (C=O) groups is 1. The zero-order chi connectivity index (χ0) is 18.7. The third-order valence-corrected chi connectivity index (χ3v) is 6.37. The van der Waals surface area contributed by atoms with Gasteiger partial charge < -0.3 is 9.47 Å². The summed E-state index contributed by atoms with van der Waals surface area (Å²) in [5.41, 5.74) is 1.44. The van der Waals surface area contributed by atoms with Crippen molar-refractivity contribution in [3.63, 3.8) is 0 Å². The molecular formula is C17H24N4O3S2. The number of aromatic nitrogens is 2. The van der Waals surface area contributed by atoms with Crippen molar-refractivity contribution in [2.75, 3.05) is 18.8 Å². The van der Waals surface area contributed by atoms with Gasteiger partial charge in [0.2, 0.25) is 15.9 Å². The van der Waals surface area contributed by atoms with E-state index in [0.717, 1.165) is 49.6 Å². The maximum Gasteiger partial charge on any atom is 0.238 e. The van der Waals surface area contributed by atoms with Gasteiger partial charge in [0.15, 0.2) is 5.16 Å². The van der Waals surface area contributed by atoms with Crippen LogP contribution in [0.25, 0.3) is 11.0 Å². The second-order valence-electron chi connectivity index (χ2n) is 6.47. The number of hydrogen-bond donors (Lipinski definition) is 1. The van der Waals surface area contributed by atoms with Gasteiger partial charge in [-0.2, -0.15) is 0 Å². The predicted molar refractivity (Wildman–Crippen MR) is 103 cm³/mol. The number of benzene rings is 1. The fourth-order valence-corrected chi connectivity index (χ4v) is 4.65. The van der Waals surface area contributed by atoms with E-state index in [0.29, 0.717) is 11.3 Å². The maximum atomic E-state index is 12.4. The molecule has 1 aromatic heterocycles. The molecule has 1 aliphatic rings. The molecule has 0 bridgehead atoms. The van der Waals surface area contributed by atoms with Crippen LogP contribution < -0.4 is 5.14 Å². The lowest BCUT2D eigenvalue weighted by Gasteiger charge is -2.26. The van der Waals surface area contributed by atoms with Gasteiger partial charge in [-0.3, -0.25) is 4.79 Å². The highest BCUT2D eigenvalue weighted by Gasteiger charge is 2.19. The van der Waals surface area contributed by atoms with E-state index in [1.807, 2.05) is 9.47 Å². The number of aryl methyl sites for hydroxylation is 1. The number of sulfonamides is 1. The first-order chi connectivity index (χ1) is 12.4. The third kappa shape index (κ3) is 4.21. The van der Waals surface area contributed by atoms with E-state index in [2.05, 4.69) is 11.9 Å². The minimum Gasteiger partial charge on any atom is -0.342 e. The number of imidazole rings is 1. The highest BCUT2D eigenvalue weighted by atomic mass is 32.2. The molecule has 0 atom stereocenters. The van der Waals surface area contributed by atoms with Gasteiger partial charge in [-0.1, -0.05) is 18.7 Å². The molecule has 2 heterocycles. The molecule has 7 nitrogen and oxygen atoms in total. The van der Waals surface area contributed by atoms with Crippen molar-refractivity contribution in [3.8, 4) is 0 Å². The average molecular weight is 397 g/mol. The monoisotopic (exact) mass is 396 g/mol. The molecule has 1 amide bonds. The molecule has 1 saturated heterocycles. The van der Waals surface area contributed by atoms with Crippen LogP contribution in [0.5, 0.6) is 0 Å². The number of nitrogens with two attached hydrogens (primary N) is 1. The van der Waals surface area contributed by atoms with E-state index in [9.17, 15) is 13.2 Å². The molecule has 26 heavy (non-hydrogen) atoms. The summed E-state index contributed by atoms with van der Waals surface area (Å²) >= 11 is 1.41. The number of amides is 1. The van der Waals surface area contributed by atoms with E-state index >= 15 is 0 Å². The number of likely N-dealkylation sites (tertiary alicyclic amines) is 1. The van der Waals surface area contributed by atoms with Gasteiger partial charge in [-0.05, 0) is 43.9 Å². The predicted octanol–water partition coefficient (Wildman–Crippen LogP) is 2.20. The van der Waals surface area contributed by atoms with Crippen LogP contribution in [0.3, 0.4) is 0 Å². The Hall–Kier alpha value is -1.58. The van der Waals surface area contributed by atoms with E-state index in [1.54, 1.807) is 6.07 Å². The molecule has 0 saturated carbocycles. The SMILES string of the molecule is CCCn1c(SCC(=O)N2CCCCC2)nc2cc(S(N)(=O)=O)ccc21. The summed E-state index contributed by atoms with van der Waals surface area (Å²) in [6.45, 7) is 4.49. The van der Waals surface area contributed by atoms with E-state index in [-0.39, 0.29) is 10.8 Å². The van der Waals surface area contributed by atoms with E-state index in [1.165, 1.54) is 30.3 Å². The molecule has 1 aliphatic heterocycles. The molecule has 0 aliphatic carbocycles. The molecule has 0 spiro atoms. The van der Waals surface area contributed by atoms with Crippen molar-refractivity contribution >= 4 is 38.7 Å². The fourth-order valence-electron chi connectivity index (χ4n) is 3.18. The third-order valence-electron chi connectivity index (χ3n) is 4.49. The molecule has 142 valence electrons. The van der Waals surface area contributed by atoms with Crippen LogP contribution in [0.1, 0.15) is 32.6 Å². The number of hydrogen-bond acceptors (Lipinski definition) is 5. The second-order valence-corrected chi connectivity index (χ2v) is 8.98. The number of primary sulfonamides is 1. The first-order valence-corrected chi connectivity index (χ1v) is 11.4. The molecular weight excluding hydrogens is 372 g/mol. The average Bonchev–Trinajstić information content (AvgIpc) is 2.97. The van der Waals surface area contributed by atoms with Crippen molar-refractivity contribution in [2.45, 2.75) is 49.2 Å². The molecule has 9 heteroatoms. The Balaban J connectivity index is 1.84. The number of nitrogens with zero attached hydrogens (tertiary/aromatic N) is 3. The van der Waals surface area contributed by atoms with E-state index in [4.69, 9.17) is 5.14 Å². The van der Waals surface area contributed by atoms with Gasteiger partial charge in [0.25, 0.3) is 0 Å². The molecule has 1 aromatic carbocycles. The van der Waals surface area contributed by atoms with Crippen LogP contribution in [0, 0.1) is 0 Å².